The zero-order chi connectivity index (χ0) is 12.7. The second kappa shape index (κ2) is 4.34. The Morgan fingerprint density at radius 2 is 2.33 bits per heavy atom. The van der Waals surface area contributed by atoms with Crippen LogP contribution in [-0.4, -0.2) is 19.5 Å². The van der Waals surface area contributed by atoms with Gasteiger partial charge >= 0.3 is 4.87 Å². The average molecular weight is 299 g/mol. The van der Waals surface area contributed by atoms with Gasteiger partial charge in [-0.15, -0.1) is 0 Å². The Morgan fingerprint density at radius 1 is 1.50 bits per heavy atom. The van der Waals surface area contributed by atoms with Gasteiger partial charge in [0.2, 0.25) is 0 Å². The van der Waals surface area contributed by atoms with E-state index in [1.807, 2.05) is 4.57 Å². The number of pyridine rings is 1. The Kier molecular flexibility index (Phi) is 2.81. The largest absolute Gasteiger partial charge is 0.329 e. The maximum Gasteiger partial charge on any atom is 0.304 e. The molecule has 0 aliphatic carbocycles. The first-order chi connectivity index (χ1) is 8.63. The molecule has 0 saturated carbocycles. The molecule has 2 N–H and O–H groups in total. The lowest BCUT2D eigenvalue weighted by Crippen LogP contribution is -2.03. The van der Waals surface area contributed by atoms with E-state index in [0.717, 1.165) is 28.2 Å². The summed E-state index contributed by atoms with van der Waals surface area (Å²) in [6.45, 7) is 0.478. The third kappa shape index (κ3) is 2.00. The first-order valence-corrected chi connectivity index (χ1v) is 6.71. The van der Waals surface area contributed by atoms with Gasteiger partial charge in [0.1, 0.15) is 0 Å². The van der Waals surface area contributed by atoms with Crippen LogP contribution in [-0.2, 0) is 6.54 Å². The summed E-state index contributed by atoms with van der Waals surface area (Å²) in [6, 6.07) is 1.77. The summed E-state index contributed by atoms with van der Waals surface area (Å²) >= 11 is 12.2. The van der Waals surface area contributed by atoms with E-state index in [1.54, 1.807) is 17.6 Å². The Labute approximate surface area is 115 Å². The van der Waals surface area contributed by atoms with Crippen LogP contribution in [0.2, 0.25) is 5.02 Å². The molecule has 0 aliphatic heterocycles. The van der Waals surface area contributed by atoms with E-state index < -0.39 is 0 Å². The minimum Gasteiger partial charge on any atom is -0.329 e. The highest BCUT2D eigenvalue weighted by Crippen LogP contribution is 2.17. The fourth-order valence-corrected chi connectivity index (χ4v) is 2.72. The standard InChI is InChI=1S/C10H7ClN4OS2/c11-5-1-7-8(12-2-5)15(9(17)14-7)3-6-4-18-10(16)13-6/h1-2,4H,3H2,(H,13,16)(H,14,17). The van der Waals surface area contributed by atoms with E-state index in [1.165, 1.54) is 0 Å². The van der Waals surface area contributed by atoms with Crippen LogP contribution in [0.1, 0.15) is 5.69 Å². The highest BCUT2D eigenvalue weighted by Gasteiger charge is 2.08. The zero-order valence-corrected chi connectivity index (χ0v) is 11.3. The van der Waals surface area contributed by atoms with E-state index >= 15 is 0 Å². The number of hydrogen-bond donors (Lipinski definition) is 2. The Hall–Kier alpha value is -1.44. The lowest BCUT2D eigenvalue weighted by molar-refractivity contribution is 0.780. The molecule has 0 unspecified atom stereocenters. The number of fused-ring (bicyclic) bond motifs is 1. The monoisotopic (exact) mass is 298 g/mol. The van der Waals surface area contributed by atoms with Gasteiger partial charge in [0.05, 0.1) is 17.1 Å². The molecule has 0 saturated heterocycles. The Morgan fingerprint density at radius 3 is 3.06 bits per heavy atom. The fraction of sp³-hybridized carbons (Fsp3) is 0.100. The normalized spacial score (nSPS) is 11.2. The third-order valence-electron chi connectivity index (χ3n) is 2.48. The number of thiazole rings is 1. The summed E-state index contributed by atoms with van der Waals surface area (Å²) in [6.07, 6.45) is 1.57. The van der Waals surface area contributed by atoms with Crippen molar-refractivity contribution in [3.8, 4) is 0 Å². The predicted octanol–water partition coefficient (Wildman–Crippen LogP) is 2.55. The molecule has 0 spiro atoms. The average Bonchev–Trinajstić information content (AvgIpc) is 2.84. The van der Waals surface area contributed by atoms with Crippen LogP contribution in [0, 0.1) is 4.77 Å². The number of hydrogen-bond acceptors (Lipinski definition) is 4. The third-order valence-corrected chi connectivity index (χ3v) is 3.72. The van der Waals surface area contributed by atoms with E-state index in [9.17, 15) is 4.79 Å². The number of nitrogens with zero attached hydrogens (tertiary/aromatic N) is 2. The van der Waals surface area contributed by atoms with Crippen LogP contribution in [0.15, 0.2) is 22.4 Å². The van der Waals surface area contributed by atoms with E-state index in [0.29, 0.717) is 16.3 Å². The molecular weight excluding hydrogens is 292 g/mol. The van der Waals surface area contributed by atoms with Crippen LogP contribution in [0.4, 0.5) is 0 Å². The molecule has 0 bridgehead atoms. The molecule has 3 rings (SSSR count). The van der Waals surface area contributed by atoms with Crippen molar-refractivity contribution in [2.75, 3.05) is 0 Å². The minimum absolute atomic E-state index is 0.0765. The Balaban J connectivity index is 2.14. The number of halogens is 1. The fourth-order valence-electron chi connectivity index (χ4n) is 1.73. The molecule has 3 heterocycles. The van der Waals surface area contributed by atoms with E-state index in [-0.39, 0.29) is 4.87 Å². The van der Waals surface area contributed by atoms with Crippen molar-refractivity contribution in [2.24, 2.45) is 0 Å². The quantitative estimate of drug-likeness (QED) is 0.715. The van der Waals surface area contributed by atoms with Crippen LogP contribution in [0.5, 0.6) is 0 Å². The number of H-pyrrole nitrogens is 2. The first kappa shape index (κ1) is 11.6. The molecule has 5 nitrogen and oxygen atoms in total. The maximum atomic E-state index is 11.1. The lowest BCUT2D eigenvalue weighted by atomic mass is 10.4. The van der Waals surface area contributed by atoms with Crippen LogP contribution >= 0.6 is 35.2 Å². The van der Waals surface area contributed by atoms with Gasteiger partial charge in [-0.05, 0) is 18.3 Å². The SMILES string of the molecule is O=c1[nH]c(Cn2c(=S)[nH]c3cc(Cl)cnc32)cs1. The maximum absolute atomic E-state index is 11.1. The summed E-state index contributed by atoms with van der Waals surface area (Å²) in [5, 5.41) is 2.33. The predicted molar refractivity (Wildman–Crippen MR) is 74.0 cm³/mol. The zero-order valence-electron chi connectivity index (χ0n) is 8.94. The molecule has 92 valence electrons. The van der Waals surface area contributed by atoms with E-state index in [2.05, 4.69) is 15.0 Å². The summed E-state index contributed by atoms with van der Waals surface area (Å²) in [5.41, 5.74) is 2.31. The molecule has 0 fully saturated rings. The smallest absolute Gasteiger partial charge is 0.304 e. The lowest BCUT2D eigenvalue weighted by Gasteiger charge is -2.01. The van der Waals surface area contributed by atoms with Crippen LogP contribution < -0.4 is 4.87 Å². The van der Waals surface area contributed by atoms with Crippen molar-refractivity contribution in [2.45, 2.75) is 6.54 Å². The van der Waals surface area contributed by atoms with Crippen molar-refractivity contribution in [1.82, 2.24) is 19.5 Å². The van der Waals surface area contributed by atoms with Crippen molar-refractivity contribution in [1.29, 1.82) is 0 Å². The summed E-state index contributed by atoms with van der Waals surface area (Å²) in [7, 11) is 0. The number of aromatic nitrogens is 4. The molecule has 3 aromatic rings. The molecule has 0 atom stereocenters. The molecular formula is C10H7ClN4OS2. The molecule has 0 radical (unpaired) electrons. The van der Waals surface area contributed by atoms with Gasteiger partial charge in [0, 0.05) is 17.3 Å². The molecule has 8 heteroatoms. The molecule has 18 heavy (non-hydrogen) atoms. The Bertz CT molecular complexity index is 828. The van der Waals surface area contributed by atoms with Crippen LogP contribution in [0.25, 0.3) is 11.2 Å². The summed E-state index contributed by atoms with van der Waals surface area (Å²) in [4.78, 5) is 21.1. The van der Waals surface area contributed by atoms with Crippen molar-refractivity contribution in [3.05, 3.63) is 42.8 Å². The second-order valence-electron chi connectivity index (χ2n) is 3.71. The molecule has 0 amide bonds. The van der Waals surface area contributed by atoms with Gasteiger partial charge < -0.3 is 9.97 Å². The topological polar surface area (TPSA) is 66.5 Å². The van der Waals surface area contributed by atoms with Crippen molar-refractivity contribution in [3.63, 3.8) is 0 Å². The highest BCUT2D eigenvalue weighted by atomic mass is 35.5. The number of rotatable bonds is 2. The van der Waals surface area contributed by atoms with Gasteiger partial charge in [0.15, 0.2) is 10.4 Å². The molecule has 3 aromatic heterocycles. The van der Waals surface area contributed by atoms with Gasteiger partial charge in [-0.1, -0.05) is 22.9 Å². The highest BCUT2D eigenvalue weighted by molar-refractivity contribution is 7.71. The number of imidazole rings is 1. The van der Waals surface area contributed by atoms with Crippen molar-refractivity contribution >= 4 is 46.3 Å². The summed E-state index contributed by atoms with van der Waals surface area (Å²) in [5.74, 6) is 0. The second-order valence-corrected chi connectivity index (χ2v) is 5.38. The molecule has 0 aliphatic rings. The van der Waals surface area contributed by atoms with Gasteiger partial charge in [0.25, 0.3) is 0 Å². The van der Waals surface area contributed by atoms with Gasteiger partial charge in [-0.3, -0.25) is 9.36 Å². The first-order valence-electron chi connectivity index (χ1n) is 5.04. The van der Waals surface area contributed by atoms with Gasteiger partial charge in [-0.2, -0.15) is 0 Å². The number of nitrogens with one attached hydrogen (secondary N) is 2. The van der Waals surface area contributed by atoms with Gasteiger partial charge in [-0.25, -0.2) is 4.98 Å². The van der Waals surface area contributed by atoms with Crippen molar-refractivity contribution < 1.29 is 0 Å². The van der Waals surface area contributed by atoms with Crippen LogP contribution in [0.3, 0.4) is 0 Å². The number of aromatic amines is 2. The van der Waals surface area contributed by atoms with E-state index in [4.69, 9.17) is 23.8 Å². The summed E-state index contributed by atoms with van der Waals surface area (Å²) < 4.78 is 2.37. The molecule has 0 aromatic carbocycles. The minimum atomic E-state index is -0.0765.